The number of nitrogens with zero attached hydrogens (tertiary/aromatic N) is 1. The molecule has 3 aromatic carbocycles. The first-order valence-electron chi connectivity index (χ1n) is 9.44. The largest absolute Gasteiger partial charge is 0.494 e. The predicted molar refractivity (Wildman–Crippen MR) is 116 cm³/mol. The van der Waals surface area contributed by atoms with E-state index >= 15 is 0 Å². The van der Waals surface area contributed by atoms with Crippen LogP contribution in [-0.2, 0) is 6.54 Å². The Kier molecular flexibility index (Phi) is 6.81. The second kappa shape index (κ2) is 9.71. The molecule has 3 rings (SSSR count). The summed E-state index contributed by atoms with van der Waals surface area (Å²) in [5, 5.41) is 0. The lowest BCUT2D eigenvalue weighted by Gasteiger charge is -2.09. The summed E-state index contributed by atoms with van der Waals surface area (Å²) in [4.78, 5) is 3.91. The third-order valence-corrected chi connectivity index (χ3v) is 4.52. The van der Waals surface area contributed by atoms with Gasteiger partial charge < -0.3 is 21.9 Å². The maximum absolute atomic E-state index is 14.7. The molecule has 0 saturated heterocycles. The molecule has 0 aromatic heterocycles. The summed E-state index contributed by atoms with van der Waals surface area (Å²) in [6, 6.07) is 20.4. The Balaban J connectivity index is 1.66. The number of hydrogen-bond donors (Lipinski definition) is 3. The van der Waals surface area contributed by atoms with Gasteiger partial charge in [0.2, 0.25) is 0 Å². The first-order chi connectivity index (χ1) is 14.1. The molecule has 3 aromatic rings. The van der Waals surface area contributed by atoms with Crippen LogP contribution in [0, 0.1) is 5.82 Å². The van der Waals surface area contributed by atoms with Crippen molar-refractivity contribution in [1.82, 2.24) is 0 Å². The quantitative estimate of drug-likeness (QED) is 0.309. The maximum atomic E-state index is 14.7. The molecule has 29 heavy (non-hydrogen) atoms. The zero-order valence-corrected chi connectivity index (χ0v) is 16.1. The lowest BCUT2D eigenvalue weighted by molar-refractivity contribution is 0.313. The van der Waals surface area contributed by atoms with Crippen LogP contribution in [0.3, 0.4) is 0 Å². The number of nitrogens with two attached hydrogens (primary N) is 3. The minimum atomic E-state index is -0.261. The van der Waals surface area contributed by atoms with Crippen molar-refractivity contribution in [3.63, 3.8) is 0 Å². The molecule has 0 fully saturated rings. The van der Waals surface area contributed by atoms with Crippen molar-refractivity contribution in [3.8, 4) is 28.0 Å². The van der Waals surface area contributed by atoms with E-state index < -0.39 is 0 Å². The molecule has 0 aliphatic carbocycles. The minimum Gasteiger partial charge on any atom is -0.494 e. The number of aliphatic imine (C=N–C) groups is 1. The summed E-state index contributed by atoms with van der Waals surface area (Å²) in [6.45, 7) is 1.51. The highest BCUT2D eigenvalue weighted by atomic mass is 19.1. The van der Waals surface area contributed by atoms with Crippen molar-refractivity contribution in [2.24, 2.45) is 22.2 Å². The van der Waals surface area contributed by atoms with Crippen molar-refractivity contribution in [2.75, 3.05) is 13.2 Å². The predicted octanol–water partition coefficient (Wildman–Crippen LogP) is 3.66. The van der Waals surface area contributed by atoms with Crippen LogP contribution in [0.2, 0.25) is 0 Å². The van der Waals surface area contributed by atoms with Crippen molar-refractivity contribution < 1.29 is 9.13 Å². The molecule has 5 nitrogen and oxygen atoms in total. The van der Waals surface area contributed by atoms with Gasteiger partial charge in [-0.05, 0) is 40.5 Å². The third-order valence-electron chi connectivity index (χ3n) is 4.52. The van der Waals surface area contributed by atoms with E-state index in [1.165, 1.54) is 0 Å². The maximum Gasteiger partial charge on any atom is 0.185 e. The standard InChI is InChI=1S/C23H25FN4O/c24-22-14-19(8-11-21(22)18-4-2-16(15-25)3-5-18)17-6-9-20(10-7-17)29-13-1-12-28-23(26)27/h2-11,14H,1,12-13,15,25H2,(H4,26,27,28). The molecule has 0 radical (unpaired) electrons. The molecule has 0 aliphatic rings. The minimum absolute atomic E-state index is 0.0835. The van der Waals surface area contributed by atoms with Crippen molar-refractivity contribution in [2.45, 2.75) is 13.0 Å². The van der Waals surface area contributed by atoms with Gasteiger partial charge in [-0.2, -0.15) is 0 Å². The average Bonchev–Trinajstić information content (AvgIpc) is 2.74. The average molecular weight is 392 g/mol. The topological polar surface area (TPSA) is 99.6 Å². The molecule has 0 unspecified atom stereocenters. The molecule has 150 valence electrons. The first-order valence-corrected chi connectivity index (χ1v) is 9.44. The first kappa shape index (κ1) is 20.4. The van der Waals surface area contributed by atoms with Crippen LogP contribution in [0.25, 0.3) is 22.3 Å². The van der Waals surface area contributed by atoms with Gasteiger partial charge in [0.25, 0.3) is 0 Å². The van der Waals surface area contributed by atoms with Gasteiger partial charge in [0.05, 0.1) is 6.61 Å². The molecular weight excluding hydrogens is 367 g/mol. The van der Waals surface area contributed by atoms with Crippen LogP contribution in [-0.4, -0.2) is 19.1 Å². The molecule has 0 heterocycles. The summed E-state index contributed by atoms with van der Waals surface area (Å²) in [6.07, 6.45) is 0.721. The number of halogens is 1. The van der Waals surface area contributed by atoms with Crippen molar-refractivity contribution >= 4 is 5.96 Å². The summed E-state index contributed by atoms with van der Waals surface area (Å²) in [7, 11) is 0. The molecule has 0 spiro atoms. The molecule has 0 aliphatic heterocycles. The molecule has 6 N–H and O–H groups in total. The highest BCUT2D eigenvalue weighted by Gasteiger charge is 2.08. The monoisotopic (exact) mass is 392 g/mol. The van der Waals surface area contributed by atoms with Crippen LogP contribution in [0.4, 0.5) is 4.39 Å². The van der Waals surface area contributed by atoms with Gasteiger partial charge in [-0.1, -0.05) is 48.5 Å². The van der Waals surface area contributed by atoms with E-state index in [1.807, 2.05) is 54.6 Å². The summed E-state index contributed by atoms with van der Waals surface area (Å²) >= 11 is 0. The number of hydrogen-bond acceptors (Lipinski definition) is 3. The van der Waals surface area contributed by atoms with Gasteiger partial charge in [0.15, 0.2) is 5.96 Å². The van der Waals surface area contributed by atoms with Gasteiger partial charge in [-0.3, -0.25) is 4.99 Å². The van der Waals surface area contributed by atoms with E-state index in [1.54, 1.807) is 12.1 Å². The van der Waals surface area contributed by atoms with Crippen LogP contribution in [0.15, 0.2) is 71.7 Å². The van der Waals surface area contributed by atoms with Crippen molar-refractivity contribution in [3.05, 3.63) is 78.1 Å². The Morgan fingerprint density at radius 3 is 2.14 bits per heavy atom. The zero-order chi connectivity index (χ0) is 20.6. The summed E-state index contributed by atoms with van der Waals surface area (Å²) in [5.41, 5.74) is 20.3. The third kappa shape index (κ3) is 5.56. The second-order valence-corrected chi connectivity index (χ2v) is 6.63. The fourth-order valence-electron chi connectivity index (χ4n) is 2.96. The zero-order valence-electron chi connectivity index (χ0n) is 16.1. The highest BCUT2D eigenvalue weighted by Crippen LogP contribution is 2.29. The van der Waals surface area contributed by atoms with Crippen LogP contribution >= 0.6 is 0 Å². The molecule has 0 atom stereocenters. The Bertz CT molecular complexity index is 965. The molecule has 0 amide bonds. The van der Waals surface area contributed by atoms with E-state index in [2.05, 4.69) is 4.99 Å². The summed E-state index contributed by atoms with van der Waals surface area (Å²) in [5.74, 6) is 0.568. The number of rotatable bonds is 8. The van der Waals surface area contributed by atoms with Crippen LogP contribution in [0.5, 0.6) is 5.75 Å². The van der Waals surface area contributed by atoms with Gasteiger partial charge >= 0.3 is 0 Å². The normalized spacial score (nSPS) is 10.6. The fourth-order valence-corrected chi connectivity index (χ4v) is 2.96. The van der Waals surface area contributed by atoms with E-state index in [0.717, 1.165) is 34.4 Å². The molecular formula is C23H25FN4O. The number of guanidine groups is 1. The van der Waals surface area contributed by atoms with Gasteiger partial charge in [-0.25, -0.2) is 4.39 Å². The number of ether oxygens (including phenoxy) is 1. The van der Waals surface area contributed by atoms with Gasteiger partial charge in [0.1, 0.15) is 11.6 Å². The van der Waals surface area contributed by atoms with Gasteiger partial charge in [0, 0.05) is 25.1 Å². The van der Waals surface area contributed by atoms with E-state index in [9.17, 15) is 4.39 Å². The molecule has 6 heteroatoms. The van der Waals surface area contributed by atoms with Crippen LogP contribution in [0.1, 0.15) is 12.0 Å². The fraction of sp³-hybridized carbons (Fsp3) is 0.174. The Labute approximate surface area is 170 Å². The van der Waals surface area contributed by atoms with Crippen molar-refractivity contribution in [1.29, 1.82) is 0 Å². The van der Waals surface area contributed by atoms with Gasteiger partial charge in [-0.15, -0.1) is 0 Å². The lowest BCUT2D eigenvalue weighted by Crippen LogP contribution is -2.23. The smallest absolute Gasteiger partial charge is 0.185 e. The Morgan fingerprint density at radius 2 is 1.52 bits per heavy atom. The molecule has 0 saturated carbocycles. The Morgan fingerprint density at radius 1 is 0.862 bits per heavy atom. The van der Waals surface area contributed by atoms with E-state index in [0.29, 0.717) is 25.3 Å². The number of benzene rings is 3. The molecule has 0 bridgehead atoms. The highest BCUT2D eigenvalue weighted by molar-refractivity contribution is 5.75. The lowest BCUT2D eigenvalue weighted by atomic mass is 9.99. The Hall–Kier alpha value is -3.38. The van der Waals surface area contributed by atoms with Crippen LogP contribution < -0.4 is 21.9 Å². The summed E-state index contributed by atoms with van der Waals surface area (Å²) < 4.78 is 20.4. The van der Waals surface area contributed by atoms with E-state index in [4.69, 9.17) is 21.9 Å². The second-order valence-electron chi connectivity index (χ2n) is 6.63. The SMILES string of the molecule is NCc1ccc(-c2ccc(-c3ccc(OCCCN=C(N)N)cc3)cc2F)cc1. The van der Waals surface area contributed by atoms with E-state index in [-0.39, 0.29) is 11.8 Å².